The third-order valence-corrected chi connectivity index (χ3v) is 5.68. The molecule has 0 aromatic heterocycles. The summed E-state index contributed by atoms with van der Waals surface area (Å²) >= 11 is 0. The van der Waals surface area contributed by atoms with Crippen LogP contribution in [0.3, 0.4) is 0 Å². The Morgan fingerprint density at radius 3 is 2.50 bits per heavy atom. The van der Waals surface area contributed by atoms with Gasteiger partial charge in [0, 0.05) is 19.3 Å². The van der Waals surface area contributed by atoms with Gasteiger partial charge in [-0.05, 0) is 19.3 Å². The summed E-state index contributed by atoms with van der Waals surface area (Å²) in [4.78, 5) is 13.5. The Kier molecular flexibility index (Phi) is 3.66. The minimum Gasteiger partial charge on any atom is -0.480 e. The van der Waals surface area contributed by atoms with Crippen LogP contribution in [-0.4, -0.2) is 67.7 Å². The number of ether oxygens (including phenoxy) is 1. The Balaban J connectivity index is 2.39. The zero-order valence-electron chi connectivity index (χ0n) is 10.5. The summed E-state index contributed by atoms with van der Waals surface area (Å²) in [5, 5.41) is 8.80. The van der Waals surface area contributed by atoms with Crippen LogP contribution in [-0.2, 0) is 19.4 Å². The number of hydrogen-bond donors (Lipinski definition) is 1. The van der Waals surface area contributed by atoms with Gasteiger partial charge < -0.3 is 9.84 Å². The van der Waals surface area contributed by atoms with E-state index in [0.717, 1.165) is 6.26 Å². The van der Waals surface area contributed by atoms with Crippen molar-refractivity contribution in [1.82, 2.24) is 4.90 Å². The number of hydrogen-bond acceptors (Lipinski definition) is 5. The fraction of sp³-hybridized carbons (Fsp3) is 0.909. The molecule has 1 saturated carbocycles. The molecule has 0 bridgehead atoms. The molecule has 104 valence electrons. The summed E-state index contributed by atoms with van der Waals surface area (Å²) in [7, 11) is -3.37. The van der Waals surface area contributed by atoms with Crippen molar-refractivity contribution in [2.24, 2.45) is 0 Å². The molecule has 0 aromatic carbocycles. The van der Waals surface area contributed by atoms with Crippen molar-refractivity contribution in [1.29, 1.82) is 0 Å². The number of carboxylic acids is 1. The van der Waals surface area contributed by atoms with E-state index in [4.69, 9.17) is 4.74 Å². The second-order valence-electron chi connectivity index (χ2n) is 5.04. The molecule has 2 atom stereocenters. The lowest BCUT2D eigenvalue weighted by atomic mass is 9.94. The maximum absolute atomic E-state index is 11.9. The lowest BCUT2D eigenvalue weighted by molar-refractivity contribution is -0.154. The van der Waals surface area contributed by atoms with Crippen LogP contribution < -0.4 is 0 Å². The Labute approximate surface area is 107 Å². The summed E-state index contributed by atoms with van der Waals surface area (Å²) in [6.45, 7) is 1.90. The van der Waals surface area contributed by atoms with Crippen LogP contribution in [0.25, 0.3) is 0 Å². The average Bonchev–Trinajstić information content (AvgIpc) is 2.75. The van der Waals surface area contributed by atoms with Crippen LogP contribution in [0.1, 0.15) is 19.3 Å². The van der Waals surface area contributed by atoms with E-state index in [9.17, 15) is 18.3 Å². The van der Waals surface area contributed by atoms with Crippen LogP contribution in [0.2, 0.25) is 0 Å². The predicted molar refractivity (Wildman–Crippen MR) is 65.2 cm³/mol. The van der Waals surface area contributed by atoms with Gasteiger partial charge in [0.05, 0.1) is 18.5 Å². The molecular weight excluding hydrogens is 258 g/mol. The standard InChI is InChI=1S/C11H19NO5S/c1-18(15,16)9-3-2-4-11(9,10(13)14)12-5-7-17-8-6-12/h9H,2-8H2,1H3,(H,13,14). The highest BCUT2D eigenvalue weighted by Crippen LogP contribution is 2.40. The minimum absolute atomic E-state index is 0.403. The summed E-state index contributed by atoms with van der Waals surface area (Å²) < 4.78 is 29.0. The second-order valence-corrected chi connectivity index (χ2v) is 7.27. The third-order valence-electron chi connectivity index (χ3n) is 4.02. The molecule has 2 unspecified atom stereocenters. The summed E-state index contributed by atoms with van der Waals surface area (Å²) in [5.74, 6) is -1.02. The molecule has 1 aliphatic heterocycles. The first-order chi connectivity index (χ1) is 8.39. The highest BCUT2D eigenvalue weighted by atomic mass is 32.2. The molecule has 0 radical (unpaired) electrons. The highest BCUT2D eigenvalue weighted by molar-refractivity contribution is 7.91. The molecule has 2 rings (SSSR count). The van der Waals surface area contributed by atoms with E-state index in [0.29, 0.717) is 45.6 Å². The Hall–Kier alpha value is -0.660. The van der Waals surface area contributed by atoms with Gasteiger partial charge >= 0.3 is 5.97 Å². The van der Waals surface area contributed by atoms with E-state index in [1.807, 2.05) is 0 Å². The van der Waals surface area contributed by atoms with Crippen molar-refractivity contribution in [3.05, 3.63) is 0 Å². The molecule has 1 saturated heterocycles. The number of aliphatic carboxylic acids is 1. The molecule has 18 heavy (non-hydrogen) atoms. The van der Waals surface area contributed by atoms with Gasteiger partial charge in [-0.15, -0.1) is 0 Å². The van der Waals surface area contributed by atoms with Crippen molar-refractivity contribution >= 4 is 15.8 Å². The molecule has 7 heteroatoms. The predicted octanol–water partition coefficient (Wildman–Crippen LogP) is -0.261. The molecule has 2 fully saturated rings. The zero-order valence-corrected chi connectivity index (χ0v) is 11.3. The summed E-state index contributed by atoms with van der Waals surface area (Å²) in [5.41, 5.74) is -1.25. The zero-order chi connectivity index (χ0) is 13.4. The molecule has 0 amide bonds. The maximum atomic E-state index is 11.9. The third kappa shape index (κ3) is 2.15. The van der Waals surface area contributed by atoms with Gasteiger partial charge in [0.25, 0.3) is 0 Å². The summed E-state index contributed by atoms with van der Waals surface area (Å²) in [6, 6.07) is 0. The average molecular weight is 277 g/mol. The minimum atomic E-state index is -3.37. The molecule has 1 heterocycles. The number of nitrogens with zero attached hydrogens (tertiary/aromatic N) is 1. The fourth-order valence-corrected chi connectivity index (χ4v) is 4.90. The van der Waals surface area contributed by atoms with Gasteiger partial charge in [-0.25, -0.2) is 8.42 Å². The first-order valence-electron chi connectivity index (χ1n) is 6.14. The molecule has 1 N–H and O–H groups in total. The maximum Gasteiger partial charge on any atom is 0.325 e. The van der Waals surface area contributed by atoms with Gasteiger partial charge in [0.15, 0.2) is 9.84 Å². The molecular formula is C11H19NO5S. The summed E-state index contributed by atoms with van der Waals surface area (Å²) in [6.07, 6.45) is 2.62. The van der Waals surface area contributed by atoms with Crippen LogP contribution in [0.15, 0.2) is 0 Å². The first kappa shape index (κ1) is 13.8. The normalized spacial score (nSPS) is 34.6. The lowest BCUT2D eigenvalue weighted by Crippen LogP contribution is -2.63. The van der Waals surface area contributed by atoms with Crippen molar-refractivity contribution in [2.75, 3.05) is 32.6 Å². The first-order valence-corrected chi connectivity index (χ1v) is 8.09. The van der Waals surface area contributed by atoms with Crippen LogP contribution in [0.4, 0.5) is 0 Å². The molecule has 0 aromatic rings. The van der Waals surface area contributed by atoms with E-state index in [1.54, 1.807) is 4.90 Å². The van der Waals surface area contributed by atoms with E-state index < -0.39 is 26.6 Å². The Morgan fingerprint density at radius 2 is 2.00 bits per heavy atom. The van der Waals surface area contributed by atoms with Crippen LogP contribution in [0, 0.1) is 0 Å². The quantitative estimate of drug-likeness (QED) is 0.765. The fourth-order valence-electron chi connectivity index (χ4n) is 3.23. The SMILES string of the molecule is CS(=O)(=O)C1CCCC1(C(=O)O)N1CCOCC1. The smallest absolute Gasteiger partial charge is 0.325 e. The molecule has 0 spiro atoms. The second kappa shape index (κ2) is 4.79. The topological polar surface area (TPSA) is 83.9 Å². The van der Waals surface area contributed by atoms with E-state index in [2.05, 4.69) is 0 Å². The van der Waals surface area contributed by atoms with Gasteiger partial charge in [0.2, 0.25) is 0 Å². The Morgan fingerprint density at radius 1 is 1.39 bits per heavy atom. The molecule has 6 nitrogen and oxygen atoms in total. The largest absolute Gasteiger partial charge is 0.480 e. The monoisotopic (exact) mass is 277 g/mol. The van der Waals surface area contributed by atoms with Gasteiger partial charge in [0.1, 0.15) is 5.54 Å². The van der Waals surface area contributed by atoms with Crippen molar-refractivity contribution < 1.29 is 23.1 Å². The van der Waals surface area contributed by atoms with Gasteiger partial charge in [-0.1, -0.05) is 0 Å². The number of carboxylic acid groups (broad SMARTS) is 1. The van der Waals surface area contributed by atoms with Gasteiger partial charge in [-0.2, -0.15) is 0 Å². The highest BCUT2D eigenvalue weighted by Gasteiger charge is 2.57. The number of rotatable bonds is 3. The van der Waals surface area contributed by atoms with Crippen molar-refractivity contribution in [3.8, 4) is 0 Å². The van der Waals surface area contributed by atoms with E-state index in [1.165, 1.54) is 0 Å². The molecule has 1 aliphatic carbocycles. The van der Waals surface area contributed by atoms with E-state index >= 15 is 0 Å². The number of sulfone groups is 1. The van der Waals surface area contributed by atoms with Crippen molar-refractivity contribution in [3.63, 3.8) is 0 Å². The van der Waals surface area contributed by atoms with Crippen molar-refractivity contribution in [2.45, 2.75) is 30.1 Å². The lowest BCUT2D eigenvalue weighted by Gasteiger charge is -2.43. The Bertz CT molecular complexity index is 429. The number of morpholine rings is 1. The van der Waals surface area contributed by atoms with Gasteiger partial charge in [-0.3, -0.25) is 9.69 Å². The van der Waals surface area contributed by atoms with Crippen LogP contribution in [0.5, 0.6) is 0 Å². The van der Waals surface area contributed by atoms with E-state index in [-0.39, 0.29) is 0 Å². The number of carbonyl (C=O) groups is 1. The van der Waals surface area contributed by atoms with Crippen LogP contribution >= 0.6 is 0 Å². The molecule has 2 aliphatic rings.